The van der Waals surface area contributed by atoms with Gasteiger partial charge in [-0.1, -0.05) is 6.07 Å². The van der Waals surface area contributed by atoms with Crippen LogP contribution < -0.4 is 0 Å². The van der Waals surface area contributed by atoms with Crippen LogP contribution in [0, 0.1) is 5.82 Å². The van der Waals surface area contributed by atoms with Crippen LogP contribution in [0.5, 0.6) is 0 Å². The van der Waals surface area contributed by atoms with Crippen molar-refractivity contribution in [3.63, 3.8) is 0 Å². The van der Waals surface area contributed by atoms with Crippen LogP contribution in [0.15, 0.2) is 47.5 Å². The molecule has 224 valence electrons. The van der Waals surface area contributed by atoms with E-state index in [2.05, 4.69) is 0 Å². The third kappa shape index (κ3) is 5.81. The van der Waals surface area contributed by atoms with E-state index in [1.807, 2.05) is 0 Å². The summed E-state index contributed by atoms with van der Waals surface area (Å²) in [6.07, 6.45) is -4.37. The molecule has 8 nitrogen and oxygen atoms in total. The standard InChI is InChI=1S/C28H33F4N3O5S/c1-26(2,3)35-22(15-33(7)24(36)28(30,31)32)19-12-16(8-11-23(19)41(35,38)39)20-14-34(25(37)40-27(4,5)6)21-13-17(29)9-10-18(20)21/h8-14,22,38-39H,15H2,1-7H3. The molecule has 0 bridgehead atoms. The molecule has 2 N–H and O–H groups in total. The smallest absolute Gasteiger partial charge is 0.443 e. The molecule has 0 saturated heterocycles. The van der Waals surface area contributed by atoms with Crippen molar-refractivity contribution in [3.05, 3.63) is 54.0 Å². The van der Waals surface area contributed by atoms with E-state index in [-0.39, 0.29) is 10.4 Å². The highest BCUT2D eigenvalue weighted by atomic mass is 32.3. The number of rotatable bonds is 3. The maximum absolute atomic E-state index is 14.2. The van der Waals surface area contributed by atoms with Gasteiger partial charge in [0, 0.05) is 36.3 Å². The van der Waals surface area contributed by atoms with Crippen molar-refractivity contribution in [1.82, 2.24) is 13.8 Å². The Balaban J connectivity index is 1.89. The maximum atomic E-state index is 14.2. The van der Waals surface area contributed by atoms with E-state index in [0.29, 0.717) is 27.0 Å². The number of halogens is 4. The van der Waals surface area contributed by atoms with E-state index in [4.69, 9.17) is 4.74 Å². The van der Waals surface area contributed by atoms with Crippen LogP contribution in [0.4, 0.5) is 22.4 Å². The Labute approximate surface area is 237 Å². The second kappa shape index (κ2) is 10.0. The molecular formula is C28H33F4N3O5S. The molecule has 1 aromatic heterocycles. The number of ether oxygens (including phenoxy) is 1. The first-order valence-corrected chi connectivity index (χ1v) is 14.2. The van der Waals surface area contributed by atoms with Gasteiger partial charge in [0.1, 0.15) is 11.4 Å². The lowest BCUT2D eigenvalue weighted by Gasteiger charge is -2.48. The van der Waals surface area contributed by atoms with E-state index in [0.717, 1.165) is 7.05 Å². The van der Waals surface area contributed by atoms with Gasteiger partial charge in [-0.25, -0.2) is 9.18 Å². The second-order valence-corrected chi connectivity index (χ2v) is 13.9. The second-order valence-electron chi connectivity index (χ2n) is 12.0. The van der Waals surface area contributed by atoms with Crippen molar-refractivity contribution >= 4 is 33.7 Å². The van der Waals surface area contributed by atoms with Crippen LogP contribution in [0.3, 0.4) is 0 Å². The van der Waals surface area contributed by atoms with E-state index < -0.39 is 58.5 Å². The molecule has 41 heavy (non-hydrogen) atoms. The molecule has 4 rings (SSSR count). The van der Waals surface area contributed by atoms with Crippen molar-refractivity contribution in [2.45, 2.75) is 69.8 Å². The average molecular weight is 600 g/mol. The number of nitrogens with zero attached hydrogens (tertiary/aromatic N) is 3. The fourth-order valence-corrected chi connectivity index (χ4v) is 7.38. The molecule has 1 atom stereocenters. The summed E-state index contributed by atoms with van der Waals surface area (Å²) in [5, 5.41) is 0.496. The Morgan fingerprint density at radius 3 is 2.22 bits per heavy atom. The van der Waals surface area contributed by atoms with Crippen molar-refractivity contribution < 1.29 is 41.0 Å². The first kappa shape index (κ1) is 30.8. The topological polar surface area (TPSA) is 95.2 Å². The van der Waals surface area contributed by atoms with Crippen molar-refractivity contribution in [1.29, 1.82) is 0 Å². The van der Waals surface area contributed by atoms with Gasteiger partial charge in [0.15, 0.2) is 0 Å². The molecule has 3 aromatic rings. The van der Waals surface area contributed by atoms with Gasteiger partial charge >= 0.3 is 18.2 Å². The first-order chi connectivity index (χ1) is 18.6. The third-order valence-corrected chi connectivity index (χ3v) is 8.90. The fraction of sp³-hybridized carbons (Fsp3) is 0.429. The van der Waals surface area contributed by atoms with Crippen LogP contribution in [0.25, 0.3) is 22.0 Å². The van der Waals surface area contributed by atoms with Gasteiger partial charge in [0.05, 0.1) is 16.5 Å². The van der Waals surface area contributed by atoms with Gasteiger partial charge in [0.2, 0.25) is 0 Å². The van der Waals surface area contributed by atoms with E-state index in [9.17, 15) is 36.3 Å². The Bertz CT molecular complexity index is 1520. The molecule has 2 aromatic carbocycles. The van der Waals surface area contributed by atoms with Crippen molar-refractivity contribution in [2.24, 2.45) is 0 Å². The van der Waals surface area contributed by atoms with E-state index >= 15 is 0 Å². The summed E-state index contributed by atoms with van der Waals surface area (Å²) in [5.41, 5.74) is -0.218. The number of fused-ring (bicyclic) bond motifs is 2. The highest BCUT2D eigenvalue weighted by molar-refractivity contribution is 8.22. The van der Waals surface area contributed by atoms with Gasteiger partial charge in [-0.05, 0) is 83.0 Å². The van der Waals surface area contributed by atoms with Gasteiger partial charge in [-0.3, -0.25) is 18.5 Å². The van der Waals surface area contributed by atoms with Gasteiger partial charge in [-0.15, -0.1) is 10.8 Å². The zero-order chi connectivity index (χ0) is 30.9. The number of amides is 1. The monoisotopic (exact) mass is 599 g/mol. The summed E-state index contributed by atoms with van der Waals surface area (Å²) in [7, 11) is -2.64. The summed E-state index contributed by atoms with van der Waals surface area (Å²) in [6.45, 7) is 9.67. The number of benzene rings is 2. The Morgan fingerprint density at radius 2 is 1.66 bits per heavy atom. The average Bonchev–Trinajstić information content (AvgIpc) is 3.28. The highest BCUT2D eigenvalue weighted by Gasteiger charge is 2.50. The predicted molar refractivity (Wildman–Crippen MR) is 148 cm³/mol. The third-order valence-electron chi connectivity index (χ3n) is 6.59. The zero-order valence-electron chi connectivity index (χ0n) is 23.7. The maximum Gasteiger partial charge on any atom is 0.471 e. The van der Waals surface area contributed by atoms with Gasteiger partial charge in [0.25, 0.3) is 0 Å². The van der Waals surface area contributed by atoms with Crippen LogP contribution in [0.1, 0.15) is 53.1 Å². The number of carbonyl (C=O) groups is 2. The zero-order valence-corrected chi connectivity index (χ0v) is 24.5. The molecule has 1 aliphatic rings. The summed E-state index contributed by atoms with van der Waals surface area (Å²) in [4.78, 5) is 25.6. The molecule has 0 spiro atoms. The largest absolute Gasteiger partial charge is 0.471 e. The molecule has 0 saturated carbocycles. The van der Waals surface area contributed by atoms with Gasteiger partial charge in [-0.2, -0.15) is 17.5 Å². The number of aromatic nitrogens is 1. The lowest BCUT2D eigenvalue weighted by Crippen LogP contribution is -2.47. The molecular weight excluding hydrogens is 566 g/mol. The minimum Gasteiger partial charge on any atom is -0.443 e. The molecule has 2 heterocycles. The molecule has 0 fully saturated rings. The first-order valence-electron chi connectivity index (χ1n) is 12.7. The summed E-state index contributed by atoms with van der Waals surface area (Å²) < 4.78 is 84.5. The normalized spacial score (nSPS) is 18.3. The van der Waals surface area contributed by atoms with Crippen LogP contribution in [-0.4, -0.2) is 65.8 Å². The Kier molecular flexibility index (Phi) is 7.52. The molecule has 1 amide bonds. The summed E-state index contributed by atoms with van der Waals surface area (Å²) in [6, 6.07) is 7.58. The molecule has 1 aliphatic heterocycles. The number of alkyl halides is 3. The predicted octanol–water partition coefficient (Wildman–Crippen LogP) is 7.43. The number of hydrogen-bond acceptors (Lipinski definition) is 6. The van der Waals surface area contributed by atoms with Crippen LogP contribution in [0.2, 0.25) is 0 Å². The number of likely N-dealkylation sites (N-methyl/N-ethyl adjacent to an activating group) is 1. The lowest BCUT2D eigenvalue weighted by atomic mass is 9.96. The fourth-order valence-electron chi connectivity index (χ4n) is 5.11. The highest BCUT2D eigenvalue weighted by Crippen LogP contribution is 2.66. The van der Waals surface area contributed by atoms with Crippen LogP contribution in [-0.2, 0) is 9.53 Å². The summed E-state index contributed by atoms with van der Waals surface area (Å²) >= 11 is 0. The molecule has 0 aliphatic carbocycles. The number of carbonyl (C=O) groups excluding carboxylic acids is 2. The van der Waals surface area contributed by atoms with Crippen LogP contribution >= 0.6 is 10.8 Å². The van der Waals surface area contributed by atoms with E-state index in [1.165, 1.54) is 39.3 Å². The Morgan fingerprint density at radius 1 is 1.02 bits per heavy atom. The minimum absolute atomic E-state index is 0.121. The number of hydrogen-bond donors (Lipinski definition) is 2. The van der Waals surface area contributed by atoms with Crippen molar-refractivity contribution in [3.8, 4) is 11.1 Å². The van der Waals surface area contributed by atoms with Crippen molar-refractivity contribution in [2.75, 3.05) is 13.6 Å². The quantitative estimate of drug-likeness (QED) is 0.304. The minimum atomic E-state index is -5.11. The van der Waals surface area contributed by atoms with Gasteiger partial charge < -0.3 is 9.64 Å². The summed E-state index contributed by atoms with van der Waals surface area (Å²) in [5.74, 6) is -2.64. The SMILES string of the molecule is CN(CC1c2cc(-c3cn(C(=O)OC(C)(C)C)c4cc(F)ccc34)ccc2S(O)(O)N1C(C)(C)C)C(=O)C(F)(F)F. The molecule has 1 unspecified atom stereocenters. The van der Waals surface area contributed by atoms with E-state index in [1.54, 1.807) is 53.7 Å². The Hall–Kier alpha value is -3.13. The molecule has 13 heteroatoms. The lowest BCUT2D eigenvalue weighted by molar-refractivity contribution is -0.184. The molecule has 0 radical (unpaired) electrons.